The van der Waals surface area contributed by atoms with Gasteiger partial charge in [-0.3, -0.25) is 0 Å². The van der Waals surface area contributed by atoms with Gasteiger partial charge in [0.2, 0.25) is 0 Å². The summed E-state index contributed by atoms with van der Waals surface area (Å²) in [6, 6.07) is 4.37. The van der Waals surface area contributed by atoms with E-state index >= 15 is 0 Å². The Bertz CT molecular complexity index is 289. The highest BCUT2D eigenvalue weighted by molar-refractivity contribution is 5.44. The van der Waals surface area contributed by atoms with Gasteiger partial charge in [-0.15, -0.1) is 0 Å². The summed E-state index contributed by atoms with van der Waals surface area (Å²) in [4.78, 5) is 4.33. The molecule has 0 bridgehead atoms. The molecule has 0 saturated carbocycles. The first-order valence-electron chi connectivity index (χ1n) is 5.56. The van der Waals surface area contributed by atoms with Gasteiger partial charge in [0.1, 0.15) is 5.82 Å². The van der Waals surface area contributed by atoms with E-state index in [1.54, 1.807) is 0 Å². The Morgan fingerprint density at radius 1 is 1.47 bits per heavy atom. The van der Waals surface area contributed by atoms with Crippen LogP contribution in [0.4, 0.5) is 5.82 Å². The average Bonchev–Trinajstić information content (AvgIpc) is 2.27. The zero-order valence-corrected chi connectivity index (χ0v) is 9.79. The maximum Gasteiger partial charge on any atom is 0.129 e. The normalized spacial score (nSPS) is 12.5. The Labute approximate surface area is 91.9 Å². The van der Waals surface area contributed by atoms with E-state index < -0.39 is 0 Å². The standard InChI is InChI=1S/C12H20N2O/c1-4-11-7-6-8-13-12(11)14-10(3)9-15-5-2/h6-8,10H,4-5,9H2,1-3H3,(H,13,14). The molecule has 3 nitrogen and oxygen atoms in total. The molecule has 84 valence electrons. The topological polar surface area (TPSA) is 34.1 Å². The number of hydrogen-bond acceptors (Lipinski definition) is 3. The van der Waals surface area contributed by atoms with Gasteiger partial charge in [-0.05, 0) is 31.9 Å². The number of nitrogens with one attached hydrogen (secondary N) is 1. The van der Waals surface area contributed by atoms with Crippen molar-refractivity contribution in [2.45, 2.75) is 33.2 Å². The average molecular weight is 208 g/mol. The Morgan fingerprint density at radius 3 is 2.93 bits per heavy atom. The molecule has 0 amide bonds. The van der Waals surface area contributed by atoms with E-state index in [4.69, 9.17) is 4.74 Å². The summed E-state index contributed by atoms with van der Waals surface area (Å²) in [5, 5.41) is 3.36. The third-order valence-electron chi connectivity index (χ3n) is 2.23. The quantitative estimate of drug-likeness (QED) is 0.780. The molecule has 0 radical (unpaired) electrons. The highest BCUT2D eigenvalue weighted by Crippen LogP contribution is 2.12. The van der Waals surface area contributed by atoms with E-state index in [1.807, 2.05) is 19.2 Å². The zero-order chi connectivity index (χ0) is 11.1. The summed E-state index contributed by atoms with van der Waals surface area (Å²) >= 11 is 0. The summed E-state index contributed by atoms with van der Waals surface area (Å²) in [6.07, 6.45) is 2.81. The SMILES string of the molecule is CCOCC(C)Nc1ncccc1CC. The predicted octanol–water partition coefficient (Wildman–Crippen LogP) is 2.48. The van der Waals surface area contributed by atoms with Crippen LogP contribution in [0.25, 0.3) is 0 Å². The Hall–Kier alpha value is -1.09. The number of hydrogen-bond donors (Lipinski definition) is 1. The zero-order valence-electron chi connectivity index (χ0n) is 9.79. The summed E-state index contributed by atoms with van der Waals surface area (Å²) in [5.74, 6) is 0.979. The van der Waals surface area contributed by atoms with Crippen molar-refractivity contribution in [1.82, 2.24) is 4.98 Å². The maximum atomic E-state index is 5.35. The molecule has 1 unspecified atom stereocenters. The van der Waals surface area contributed by atoms with Crippen LogP contribution in [0.3, 0.4) is 0 Å². The molecule has 1 heterocycles. The van der Waals surface area contributed by atoms with Crippen molar-refractivity contribution in [3.63, 3.8) is 0 Å². The van der Waals surface area contributed by atoms with Crippen molar-refractivity contribution >= 4 is 5.82 Å². The summed E-state index contributed by atoms with van der Waals surface area (Å²) in [6.45, 7) is 7.72. The number of aryl methyl sites for hydroxylation is 1. The van der Waals surface area contributed by atoms with Crippen molar-refractivity contribution in [3.8, 4) is 0 Å². The highest BCUT2D eigenvalue weighted by atomic mass is 16.5. The maximum absolute atomic E-state index is 5.35. The second-order valence-electron chi connectivity index (χ2n) is 3.57. The van der Waals surface area contributed by atoms with Gasteiger partial charge in [0.15, 0.2) is 0 Å². The third-order valence-corrected chi connectivity index (χ3v) is 2.23. The molecule has 0 aliphatic carbocycles. The molecule has 1 N–H and O–H groups in total. The van der Waals surface area contributed by atoms with E-state index in [1.165, 1.54) is 5.56 Å². The lowest BCUT2D eigenvalue weighted by Gasteiger charge is -2.16. The van der Waals surface area contributed by atoms with E-state index in [-0.39, 0.29) is 0 Å². The molecule has 0 aliphatic rings. The molecule has 3 heteroatoms. The monoisotopic (exact) mass is 208 g/mol. The Balaban J connectivity index is 2.55. The first-order valence-corrected chi connectivity index (χ1v) is 5.56. The minimum absolute atomic E-state index is 0.296. The number of anilines is 1. The van der Waals surface area contributed by atoms with Gasteiger partial charge < -0.3 is 10.1 Å². The van der Waals surface area contributed by atoms with Crippen LogP contribution < -0.4 is 5.32 Å². The molecular formula is C12H20N2O. The highest BCUT2D eigenvalue weighted by Gasteiger charge is 2.05. The van der Waals surface area contributed by atoms with Gasteiger partial charge in [-0.25, -0.2) is 4.98 Å². The van der Waals surface area contributed by atoms with Crippen molar-refractivity contribution in [3.05, 3.63) is 23.9 Å². The van der Waals surface area contributed by atoms with Crippen LogP contribution in [-0.2, 0) is 11.2 Å². The lowest BCUT2D eigenvalue weighted by molar-refractivity contribution is 0.141. The van der Waals surface area contributed by atoms with E-state index in [9.17, 15) is 0 Å². The molecule has 1 aromatic rings. The molecular weight excluding hydrogens is 188 g/mol. The molecule has 0 saturated heterocycles. The lowest BCUT2D eigenvalue weighted by Crippen LogP contribution is -2.23. The minimum atomic E-state index is 0.296. The van der Waals surface area contributed by atoms with E-state index in [0.29, 0.717) is 6.04 Å². The van der Waals surface area contributed by atoms with Crippen molar-refractivity contribution in [2.75, 3.05) is 18.5 Å². The van der Waals surface area contributed by atoms with Crippen molar-refractivity contribution in [1.29, 1.82) is 0 Å². The van der Waals surface area contributed by atoms with Gasteiger partial charge in [-0.1, -0.05) is 13.0 Å². The van der Waals surface area contributed by atoms with Crippen LogP contribution in [0.5, 0.6) is 0 Å². The van der Waals surface area contributed by atoms with Crippen molar-refractivity contribution < 1.29 is 4.74 Å². The van der Waals surface area contributed by atoms with E-state index in [2.05, 4.69) is 30.2 Å². The molecule has 1 atom stereocenters. The lowest BCUT2D eigenvalue weighted by atomic mass is 10.2. The van der Waals surface area contributed by atoms with Crippen LogP contribution in [0.15, 0.2) is 18.3 Å². The number of aromatic nitrogens is 1. The van der Waals surface area contributed by atoms with Crippen LogP contribution in [-0.4, -0.2) is 24.2 Å². The largest absolute Gasteiger partial charge is 0.380 e. The number of rotatable bonds is 6. The molecule has 0 aromatic carbocycles. The molecule has 0 spiro atoms. The summed E-state index contributed by atoms with van der Waals surface area (Å²) in [7, 11) is 0. The fourth-order valence-electron chi connectivity index (χ4n) is 1.42. The minimum Gasteiger partial charge on any atom is -0.380 e. The molecule has 0 fully saturated rings. The van der Waals surface area contributed by atoms with Crippen LogP contribution in [0.2, 0.25) is 0 Å². The van der Waals surface area contributed by atoms with Crippen LogP contribution >= 0.6 is 0 Å². The van der Waals surface area contributed by atoms with Gasteiger partial charge in [0.05, 0.1) is 6.61 Å². The van der Waals surface area contributed by atoms with Gasteiger partial charge in [-0.2, -0.15) is 0 Å². The fraction of sp³-hybridized carbons (Fsp3) is 0.583. The number of pyridine rings is 1. The van der Waals surface area contributed by atoms with Gasteiger partial charge in [0, 0.05) is 18.8 Å². The summed E-state index contributed by atoms with van der Waals surface area (Å²) in [5.41, 5.74) is 1.25. The van der Waals surface area contributed by atoms with Gasteiger partial charge >= 0.3 is 0 Å². The smallest absolute Gasteiger partial charge is 0.129 e. The first-order chi connectivity index (χ1) is 7.27. The number of ether oxygens (including phenoxy) is 1. The molecule has 1 rings (SSSR count). The molecule has 0 aliphatic heterocycles. The van der Waals surface area contributed by atoms with Crippen LogP contribution in [0, 0.1) is 0 Å². The molecule has 1 aromatic heterocycles. The van der Waals surface area contributed by atoms with E-state index in [0.717, 1.165) is 25.5 Å². The number of nitrogens with zero attached hydrogens (tertiary/aromatic N) is 1. The fourth-order valence-corrected chi connectivity index (χ4v) is 1.42. The first kappa shape index (κ1) is 12.0. The Kier molecular flexibility index (Phi) is 5.12. The summed E-state index contributed by atoms with van der Waals surface area (Å²) < 4.78 is 5.35. The van der Waals surface area contributed by atoms with Crippen molar-refractivity contribution in [2.24, 2.45) is 0 Å². The third kappa shape index (κ3) is 3.88. The molecule has 15 heavy (non-hydrogen) atoms. The Morgan fingerprint density at radius 2 is 2.27 bits per heavy atom. The van der Waals surface area contributed by atoms with Gasteiger partial charge in [0.25, 0.3) is 0 Å². The predicted molar refractivity (Wildman–Crippen MR) is 63.2 cm³/mol. The second kappa shape index (κ2) is 6.40. The second-order valence-corrected chi connectivity index (χ2v) is 3.57. The van der Waals surface area contributed by atoms with Crippen LogP contribution in [0.1, 0.15) is 26.3 Å².